The number of unbranched alkanes of at least 4 members (excludes halogenated alkanes) is 1. The van der Waals surface area contributed by atoms with Crippen LogP contribution in [0.4, 0.5) is 4.79 Å². The van der Waals surface area contributed by atoms with E-state index in [1.54, 1.807) is 0 Å². The maximum atomic E-state index is 13.8. The highest BCUT2D eigenvalue weighted by Gasteiger charge is 2.31. The summed E-state index contributed by atoms with van der Waals surface area (Å²) < 4.78 is 5.42. The highest BCUT2D eigenvalue weighted by atomic mass is 16.5. The third-order valence-corrected chi connectivity index (χ3v) is 7.53. The molecule has 0 radical (unpaired) electrons. The standard InChI is InChI=1S/C35H46N4O6/c1-4-5-18-28(33(42)38-29(19-23(2)3)31(40)21-32(36)41)37-34(43)30(39-35(44)45-22-24-12-7-6-8-13-24)20-26-16-11-15-25-14-9-10-17-27(25)26/h6-17,23,28-31,40H,4-5,18-22H2,1-3H3,(H2,36,41)(H,37,43)(H,38,42)(H,39,44)/t28-,29?,30-,31?/m0/s1. The highest BCUT2D eigenvalue weighted by Crippen LogP contribution is 2.20. The molecular weight excluding hydrogens is 572 g/mol. The molecule has 0 saturated carbocycles. The van der Waals surface area contributed by atoms with Crippen molar-refractivity contribution in [1.29, 1.82) is 0 Å². The number of nitrogens with two attached hydrogens (primary N) is 1. The molecule has 0 bridgehead atoms. The predicted octanol–water partition coefficient (Wildman–Crippen LogP) is 4.12. The molecule has 3 rings (SSSR count). The summed E-state index contributed by atoms with van der Waals surface area (Å²) in [6.45, 7) is 5.88. The summed E-state index contributed by atoms with van der Waals surface area (Å²) >= 11 is 0. The van der Waals surface area contributed by atoms with Crippen molar-refractivity contribution in [3.63, 3.8) is 0 Å². The molecule has 0 fully saturated rings. The summed E-state index contributed by atoms with van der Waals surface area (Å²) in [6, 6.07) is 20.0. The van der Waals surface area contributed by atoms with Crippen LogP contribution in [0.1, 0.15) is 64.0 Å². The number of alkyl carbamates (subject to hydrolysis) is 1. The van der Waals surface area contributed by atoms with E-state index in [9.17, 15) is 24.3 Å². The average molecular weight is 619 g/mol. The fourth-order valence-corrected chi connectivity index (χ4v) is 5.21. The van der Waals surface area contributed by atoms with Gasteiger partial charge in [0.15, 0.2) is 0 Å². The van der Waals surface area contributed by atoms with E-state index in [0.717, 1.165) is 28.3 Å². The zero-order valence-corrected chi connectivity index (χ0v) is 26.3. The molecule has 4 atom stereocenters. The van der Waals surface area contributed by atoms with E-state index >= 15 is 0 Å². The van der Waals surface area contributed by atoms with E-state index in [-0.39, 0.29) is 25.4 Å². The Hall–Kier alpha value is -4.44. The van der Waals surface area contributed by atoms with E-state index < -0.39 is 48.0 Å². The van der Waals surface area contributed by atoms with Gasteiger partial charge in [-0.3, -0.25) is 14.4 Å². The van der Waals surface area contributed by atoms with Crippen molar-refractivity contribution < 1.29 is 29.0 Å². The Morgan fingerprint density at radius 2 is 1.51 bits per heavy atom. The zero-order valence-electron chi connectivity index (χ0n) is 26.3. The van der Waals surface area contributed by atoms with Gasteiger partial charge >= 0.3 is 6.09 Å². The molecule has 4 amide bonds. The topological polar surface area (TPSA) is 160 Å². The molecule has 0 heterocycles. The molecule has 0 aliphatic carbocycles. The minimum Gasteiger partial charge on any atom is -0.445 e. The Bertz CT molecular complexity index is 1410. The van der Waals surface area contributed by atoms with Crippen LogP contribution in [0.3, 0.4) is 0 Å². The van der Waals surface area contributed by atoms with Gasteiger partial charge in [0.25, 0.3) is 0 Å². The molecular formula is C35H46N4O6. The number of nitrogens with one attached hydrogen (secondary N) is 3. The van der Waals surface area contributed by atoms with Crippen LogP contribution in [0.5, 0.6) is 0 Å². The number of carbonyl (C=O) groups excluding carboxylic acids is 4. The number of hydrogen-bond donors (Lipinski definition) is 5. The lowest BCUT2D eigenvalue weighted by molar-refractivity contribution is -0.131. The molecule has 0 aromatic heterocycles. The lowest BCUT2D eigenvalue weighted by Gasteiger charge is -2.28. The van der Waals surface area contributed by atoms with Crippen molar-refractivity contribution in [3.05, 3.63) is 83.9 Å². The molecule has 0 spiro atoms. The predicted molar refractivity (Wildman–Crippen MR) is 174 cm³/mol. The van der Waals surface area contributed by atoms with Crippen molar-refractivity contribution in [3.8, 4) is 0 Å². The number of carbonyl (C=O) groups is 4. The number of hydrogen-bond acceptors (Lipinski definition) is 6. The van der Waals surface area contributed by atoms with E-state index in [0.29, 0.717) is 19.3 Å². The largest absolute Gasteiger partial charge is 0.445 e. The van der Waals surface area contributed by atoms with Gasteiger partial charge in [0.05, 0.1) is 18.6 Å². The van der Waals surface area contributed by atoms with E-state index in [1.165, 1.54) is 0 Å². The number of benzene rings is 3. The molecule has 6 N–H and O–H groups in total. The van der Waals surface area contributed by atoms with Gasteiger partial charge in [-0.15, -0.1) is 0 Å². The fourth-order valence-electron chi connectivity index (χ4n) is 5.21. The third kappa shape index (κ3) is 11.5. The smallest absolute Gasteiger partial charge is 0.408 e. The van der Waals surface area contributed by atoms with Gasteiger partial charge in [0.2, 0.25) is 17.7 Å². The maximum Gasteiger partial charge on any atom is 0.408 e. The van der Waals surface area contributed by atoms with E-state index in [4.69, 9.17) is 10.5 Å². The Balaban J connectivity index is 1.82. The van der Waals surface area contributed by atoms with Gasteiger partial charge in [-0.05, 0) is 40.7 Å². The monoisotopic (exact) mass is 618 g/mol. The molecule has 10 heteroatoms. The molecule has 0 aliphatic heterocycles. The van der Waals surface area contributed by atoms with Gasteiger partial charge in [-0.25, -0.2) is 4.79 Å². The first-order chi connectivity index (χ1) is 21.6. The van der Waals surface area contributed by atoms with Crippen LogP contribution >= 0.6 is 0 Å². The number of aliphatic hydroxyl groups excluding tert-OH is 1. The molecule has 0 saturated heterocycles. The number of ether oxygens (including phenoxy) is 1. The van der Waals surface area contributed by atoms with Crippen molar-refractivity contribution in [1.82, 2.24) is 16.0 Å². The summed E-state index contributed by atoms with van der Waals surface area (Å²) in [5.41, 5.74) is 6.94. The van der Waals surface area contributed by atoms with E-state index in [1.807, 2.05) is 93.6 Å². The second-order valence-electron chi connectivity index (χ2n) is 11.8. The Labute approximate surface area is 265 Å². The maximum absolute atomic E-state index is 13.8. The SMILES string of the molecule is CCCC[C@H](NC(=O)[C@H](Cc1cccc2ccccc12)NC(=O)OCc1ccccc1)C(=O)NC(CC(C)C)C(O)CC(N)=O. The van der Waals surface area contributed by atoms with Gasteiger partial charge in [-0.2, -0.15) is 0 Å². The average Bonchev–Trinajstić information content (AvgIpc) is 3.01. The molecule has 45 heavy (non-hydrogen) atoms. The molecule has 2 unspecified atom stereocenters. The number of rotatable bonds is 17. The van der Waals surface area contributed by atoms with Crippen LogP contribution < -0.4 is 21.7 Å². The van der Waals surface area contributed by atoms with E-state index in [2.05, 4.69) is 16.0 Å². The molecule has 3 aromatic carbocycles. The van der Waals surface area contributed by atoms with Gasteiger partial charge < -0.3 is 31.5 Å². The summed E-state index contributed by atoms with van der Waals surface area (Å²) in [4.78, 5) is 51.8. The number of fused-ring (bicyclic) bond motifs is 1. The van der Waals surface area contributed by atoms with Crippen LogP contribution in [0.15, 0.2) is 72.8 Å². The highest BCUT2D eigenvalue weighted by molar-refractivity contribution is 5.92. The van der Waals surface area contributed by atoms with Gasteiger partial charge in [-0.1, -0.05) is 106 Å². The number of aliphatic hydroxyl groups is 1. The van der Waals surface area contributed by atoms with Gasteiger partial charge in [0, 0.05) is 6.42 Å². The summed E-state index contributed by atoms with van der Waals surface area (Å²) in [6.07, 6.45) is 0.105. The molecule has 0 aliphatic rings. The van der Waals surface area contributed by atoms with Crippen molar-refractivity contribution in [2.24, 2.45) is 11.7 Å². The summed E-state index contributed by atoms with van der Waals surface area (Å²) in [7, 11) is 0. The van der Waals surface area contributed by atoms with Crippen molar-refractivity contribution in [2.45, 2.75) is 90.1 Å². The minimum atomic E-state index is -1.17. The van der Waals surface area contributed by atoms with Crippen molar-refractivity contribution >= 4 is 34.6 Å². The Morgan fingerprint density at radius 3 is 2.20 bits per heavy atom. The van der Waals surface area contributed by atoms with Gasteiger partial charge in [0.1, 0.15) is 18.7 Å². The second-order valence-corrected chi connectivity index (χ2v) is 11.8. The van der Waals surface area contributed by atoms with Crippen LogP contribution in [0.2, 0.25) is 0 Å². The number of amides is 4. The third-order valence-electron chi connectivity index (χ3n) is 7.53. The first-order valence-corrected chi connectivity index (χ1v) is 15.6. The lowest BCUT2D eigenvalue weighted by Crippen LogP contribution is -2.57. The van der Waals surface area contributed by atoms with Crippen LogP contribution in [-0.4, -0.2) is 53.2 Å². The summed E-state index contributed by atoms with van der Waals surface area (Å²) in [5, 5.41) is 20.9. The van der Waals surface area contributed by atoms with Crippen LogP contribution in [0, 0.1) is 5.92 Å². The second kappa shape index (κ2) is 17.8. The lowest BCUT2D eigenvalue weighted by atomic mass is 9.96. The number of primary amides is 1. The molecule has 242 valence electrons. The molecule has 3 aromatic rings. The zero-order chi connectivity index (χ0) is 32.8. The first-order valence-electron chi connectivity index (χ1n) is 15.6. The Kier molecular flexibility index (Phi) is 13.8. The first kappa shape index (κ1) is 35.0. The molecule has 10 nitrogen and oxygen atoms in total. The van der Waals surface area contributed by atoms with Crippen LogP contribution in [0.25, 0.3) is 10.8 Å². The minimum absolute atomic E-state index is 0.0294. The normalized spacial score (nSPS) is 13.8. The Morgan fingerprint density at radius 1 is 0.844 bits per heavy atom. The van der Waals surface area contributed by atoms with Crippen LogP contribution in [-0.2, 0) is 32.1 Å². The fraction of sp³-hybridized carbons (Fsp3) is 0.429. The van der Waals surface area contributed by atoms with Crippen molar-refractivity contribution in [2.75, 3.05) is 0 Å². The quantitative estimate of drug-likeness (QED) is 0.153. The summed E-state index contributed by atoms with van der Waals surface area (Å²) in [5.74, 6) is -1.60.